The molecular formula is C14H20N2O3. The van der Waals surface area contributed by atoms with Crippen LogP contribution in [0.3, 0.4) is 0 Å². The molecule has 1 rings (SSSR count). The Kier molecular flexibility index (Phi) is 6.43. The minimum atomic E-state index is -0.802. The van der Waals surface area contributed by atoms with Gasteiger partial charge in [-0.25, -0.2) is 4.79 Å². The Balaban J connectivity index is 2.15. The molecule has 0 saturated heterocycles. The number of amides is 2. The molecule has 0 aromatic heterocycles. The van der Waals surface area contributed by atoms with Crippen molar-refractivity contribution in [2.24, 2.45) is 0 Å². The number of rotatable bonds is 7. The monoisotopic (exact) mass is 264 g/mol. The summed E-state index contributed by atoms with van der Waals surface area (Å²) >= 11 is 0. The highest BCUT2D eigenvalue weighted by Crippen LogP contribution is 2.05. The van der Waals surface area contributed by atoms with Crippen LogP contribution in [0.2, 0.25) is 0 Å². The number of unbranched alkanes of at least 4 members (excludes halogenated alkanes) is 1. The predicted molar refractivity (Wildman–Crippen MR) is 72.9 cm³/mol. The van der Waals surface area contributed by atoms with Crippen molar-refractivity contribution in [2.45, 2.75) is 32.7 Å². The van der Waals surface area contributed by atoms with E-state index >= 15 is 0 Å². The molecule has 5 heteroatoms. The van der Waals surface area contributed by atoms with Gasteiger partial charge in [0.25, 0.3) is 0 Å². The van der Waals surface area contributed by atoms with Gasteiger partial charge in [-0.05, 0) is 30.9 Å². The number of carbonyl (C=O) groups is 2. The van der Waals surface area contributed by atoms with Gasteiger partial charge in [-0.15, -0.1) is 0 Å². The number of carboxylic acids is 1. The molecule has 0 fully saturated rings. The van der Waals surface area contributed by atoms with Gasteiger partial charge in [-0.2, -0.15) is 0 Å². The van der Waals surface area contributed by atoms with Crippen LogP contribution < -0.4 is 10.6 Å². The first-order valence-electron chi connectivity index (χ1n) is 6.37. The van der Waals surface area contributed by atoms with Crippen LogP contribution in [-0.2, 0) is 11.3 Å². The Morgan fingerprint density at radius 2 is 1.89 bits per heavy atom. The van der Waals surface area contributed by atoms with E-state index in [4.69, 9.17) is 5.11 Å². The SMILES string of the molecule is Cc1ccccc1CNC(=O)NCCCCC(=O)O. The molecule has 0 spiro atoms. The topological polar surface area (TPSA) is 78.4 Å². The summed E-state index contributed by atoms with van der Waals surface area (Å²) in [4.78, 5) is 21.8. The number of carboxylic acid groups (broad SMARTS) is 1. The first-order valence-corrected chi connectivity index (χ1v) is 6.37. The van der Waals surface area contributed by atoms with Gasteiger partial charge < -0.3 is 15.7 Å². The second-order valence-corrected chi connectivity index (χ2v) is 4.39. The fraction of sp³-hybridized carbons (Fsp3) is 0.429. The van der Waals surface area contributed by atoms with Crippen LogP contribution in [0.15, 0.2) is 24.3 Å². The van der Waals surface area contributed by atoms with Gasteiger partial charge in [0, 0.05) is 19.5 Å². The molecule has 1 aromatic carbocycles. The van der Waals surface area contributed by atoms with Gasteiger partial charge in [0.15, 0.2) is 0 Å². The number of benzene rings is 1. The number of hydrogen-bond donors (Lipinski definition) is 3. The van der Waals surface area contributed by atoms with Crippen molar-refractivity contribution < 1.29 is 14.7 Å². The normalized spacial score (nSPS) is 9.95. The van der Waals surface area contributed by atoms with E-state index in [2.05, 4.69) is 10.6 Å². The average Bonchev–Trinajstić information content (AvgIpc) is 2.37. The number of aliphatic carboxylic acids is 1. The van der Waals surface area contributed by atoms with E-state index in [1.54, 1.807) is 0 Å². The summed E-state index contributed by atoms with van der Waals surface area (Å²) in [5.41, 5.74) is 2.23. The van der Waals surface area contributed by atoms with E-state index in [0.717, 1.165) is 11.1 Å². The third-order valence-corrected chi connectivity index (χ3v) is 2.80. The third-order valence-electron chi connectivity index (χ3n) is 2.80. The summed E-state index contributed by atoms with van der Waals surface area (Å²) in [6.07, 6.45) is 1.39. The number of hydrogen-bond acceptors (Lipinski definition) is 2. The van der Waals surface area contributed by atoms with Gasteiger partial charge in [0.05, 0.1) is 0 Å². The molecule has 1 aromatic rings. The molecule has 104 valence electrons. The molecule has 3 N–H and O–H groups in total. The molecule has 0 unspecified atom stereocenters. The zero-order chi connectivity index (χ0) is 14.1. The molecule has 0 aliphatic carbocycles. The summed E-state index contributed by atoms with van der Waals surface area (Å²) in [7, 11) is 0. The van der Waals surface area contributed by atoms with Crippen LogP contribution in [0, 0.1) is 6.92 Å². The predicted octanol–water partition coefficient (Wildman–Crippen LogP) is 2.05. The highest BCUT2D eigenvalue weighted by atomic mass is 16.4. The van der Waals surface area contributed by atoms with Gasteiger partial charge in [-0.1, -0.05) is 24.3 Å². The lowest BCUT2D eigenvalue weighted by molar-refractivity contribution is -0.137. The van der Waals surface area contributed by atoms with E-state index in [-0.39, 0.29) is 12.5 Å². The van der Waals surface area contributed by atoms with E-state index in [1.807, 2.05) is 31.2 Å². The maximum atomic E-state index is 11.5. The van der Waals surface area contributed by atoms with Gasteiger partial charge >= 0.3 is 12.0 Å². The van der Waals surface area contributed by atoms with Crippen LogP contribution in [0.5, 0.6) is 0 Å². The summed E-state index contributed by atoms with van der Waals surface area (Å²) in [5, 5.41) is 13.9. The summed E-state index contributed by atoms with van der Waals surface area (Å²) in [5.74, 6) is -0.802. The number of carbonyl (C=O) groups excluding carboxylic acids is 1. The van der Waals surface area contributed by atoms with Crippen LogP contribution in [0.25, 0.3) is 0 Å². The van der Waals surface area contributed by atoms with Crippen LogP contribution in [0.1, 0.15) is 30.4 Å². The smallest absolute Gasteiger partial charge is 0.315 e. The zero-order valence-electron chi connectivity index (χ0n) is 11.1. The minimum absolute atomic E-state index is 0.145. The lowest BCUT2D eigenvalue weighted by Crippen LogP contribution is -2.35. The number of urea groups is 1. The summed E-state index contributed by atoms with van der Waals surface area (Å²) < 4.78 is 0. The Hall–Kier alpha value is -2.04. The Morgan fingerprint density at radius 1 is 1.16 bits per heavy atom. The molecule has 2 amide bonds. The highest BCUT2D eigenvalue weighted by Gasteiger charge is 2.02. The molecule has 19 heavy (non-hydrogen) atoms. The van der Waals surface area contributed by atoms with Crippen LogP contribution in [-0.4, -0.2) is 23.7 Å². The molecule has 0 radical (unpaired) electrons. The fourth-order valence-corrected chi connectivity index (χ4v) is 1.65. The molecule has 0 saturated carbocycles. The molecule has 0 bridgehead atoms. The summed E-state index contributed by atoms with van der Waals surface area (Å²) in [6.45, 7) is 2.99. The Bertz CT molecular complexity index is 432. The van der Waals surface area contributed by atoms with Gasteiger partial charge in [-0.3, -0.25) is 4.79 Å². The number of nitrogens with one attached hydrogen (secondary N) is 2. The molecule has 5 nitrogen and oxygen atoms in total. The molecule has 0 aliphatic rings. The van der Waals surface area contributed by atoms with Crippen molar-refractivity contribution in [1.29, 1.82) is 0 Å². The molecule has 0 atom stereocenters. The lowest BCUT2D eigenvalue weighted by Gasteiger charge is -2.09. The van der Waals surface area contributed by atoms with Crippen LogP contribution >= 0.6 is 0 Å². The minimum Gasteiger partial charge on any atom is -0.481 e. The van der Waals surface area contributed by atoms with Crippen molar-refractivity contribution >= 4 is 12.0 Å². The first kappa shape index (κ1) is 15.0. The first-order chi connectivity index (χ1) is 9.09. The van der Waals surface area contributed by atoms with Gasteiger partial charge in [0.2, 0.25) is 0 Å². The second-order valence-electron chi connectivity index (χ2n) is 4.39. The van der Waals surface area contributed by atoms with E-state index in [1.165, 1.54) is 0 Å². The van der Waals surface area contributed by atoms with E-state index in [9.17, 15) is 9.59 Å². The number of aryl methyl sites for hydroxylation is 1. The molecule has 0 heterocycles. The molecular weight excluding hydrogens is 244 g/mol. The Labute approximate surface area is 113 Å². The van der Waals surface area contributed by atoms with Gasteiger partial charge in [0.1, 0.15) is 0 Å². The maximum absolute atomic E-state index is 11.5. The van der Waals surface area contributed by atoms with E-state index < -0.39 is 5.97 Å². The quantitative estimate of drug-likeness (QED) is 0.659. The molecule has 0 aliphatic heterocycles. The standard InChI is InChI=1S/C14H20N2O3/c1-11-6-2-3-7-12(11)10-16-14(19)15-9-5-4-8-13(17)18/h2-3,6-7H,4-5,8-10H2,1H3,(H,17,18)(H2,15,16,19). The van der Waals surface area contributed by atoms with Crippen molar-refractivity contribution in [2.75, 3.05) is 6.54 Å². The van der Waals surface area contributed by atoms with Crippen molar-refractivity contribution in [3.8, 4) is 0 Å². The highest BCUT2D eigenvalue weighted by molar-refractivity contribution is 5.73. The lowest BCUT2D eigenvalue weighted by atomic mass is 10.1. The van der Waals surface area contributed by atoms with Crippen molar-refractivity contribution in [3.63, 3.8) is 0 Å². The maximum Gasteiger partial charge on any atom is 0.315 e. The second kappa shape index (κ2) is 8.13. The van der Waals surface area contributed by atoms with E-state index in [0.29, 0.717) is 25.9 Å². The van der Waals surface area contributed by atoms with Crippen molar-refractivity contribution in [1.82, 2.24) is 10.6 Å². The third kappa shape index (κ3) is 6.45. The zero-order valence-corrected chi connectivity index (χ0v) is 11.1. The van der Waals surface area contributed by atoms with Crippen LogP contribution in [0.4, 0.5) is 4.79 Å². The average molecular weight is 264 g/mol. The summed E-state index contributed by atoms with van der Waals surface area (Å²) in [6, 6.07) is 7.65. The largest absolute Gasteiger partial charge is 0.481 e. The fourth-order valence-electron chi connectivity index (χ4n) is 1.65. The Morgan fingerprint density at radius 3 is 2.58 bits per heavy atom. The van der Waals surface area contributed by atoms with Crippen molar-refractivity contribution in [3.05, 3.63) is 35.4 Å².